The van der Waals surface area contributed by atoms with Gasteiger partial charge < -0.3 is 9.84 Å². The molecule has 1 saturated carbocycles. The highest BCUT2D eigenvalue weighted by atomic mass is 16.5. The van der Waals surface area contributed by atoms with Gasteiger partial charge in [0.2, 0.25) is 0 Å². The monoisotopic (exact) mass is 242 g/mol. The van der Waals surface area contributed by atoms with Crippen molar-refractivity contribution in [1.82, 2.24) is 0 Å². The average Bonchev–Trinajstić information content (AvgIpc) is 2.36. The Morgan fingerprint density at radius 3 is 2.65 bits per heavy atom. The minimum atomic E-state index is -0.126. The molecule has 0 radical (unpaired) electrons. The molecule has 0 spiro atoms. The summed E-state index contributed by atoms with van der Waals surface area (Å²) >= 11 is 0. The van der Waals surface area contributed by atoms with Gasteiger partial charge in [-0.1, -0.05) is 26.2 Å². The molecule has 0 aromatic carbocycles. The van der Waals surface area contributed by atoms with E-state index in [1.54, 1.807) is 7.11 Å². The van der Waals surface area contributed by atoms with Crippen molar-refractivity contribution >= 4 is 0 Å². The summed E-state index contributed by atoms with van der Waals surface area (Å²) in [5, 5.41) is 10.3. The van der Waals surface area contributed by atoms with E-state index in [-0.39, 0.29) is 11.7 Å². The first-order valence-corrected chi connectivity index (χ1v) is 7.21. The Labute approximate surface area is 107 Å². The molecule has 0 bridgehead atoms. The van der Waals surface area contributed by atoms with Crippen LogP contribution in [0.5, 0.6) is 0 Å². The molecule has 3 unspecified atom stereocenters. The van der Waals surface area contributed by atoms with Gasteiger partial charge in [-0.05, 0) is 51.4 Å². The van der Waals surface area contributed by atoms with Gasteiger partial charge in [0, 0.05) is 7.11 Å². The highest BCUT2D eigenvalue weighted by Crippen LogP contribution is 2.34. The van der Waals surface area contributed by atoms with E-state index in [9.17, 15) is 5.11 Å². The molecule has 1 aliphatic rings. The van der Waals surface area contributed by atoms with Crippen LogP contribution < -0.4 is 0 Å². The third kappa shape index (κ3) is 4.97. The van der Waals surface area contributed by atoms with Crippen LogP contribution in [0.4, 0.5) is 0 Å². The van der Waals surface area contributed by atoms with E-state index in [0.29, 0.717) is 5.92 Å². The molecule has 1 N–H and O–H groups in total. The van der Waals surface area contributed by atoms with Crippen LogP contribution in [0.3, 0.4) is 0 Å². The van der Waals surface area contributed by atoms with Crippen molar-refractivity contribution in [3.8, 4) is 0 Å². The number of rotatable bonds is 6. The Hall–Kier alpha value is -0.0800. The third-order valence-electron chi connectivity index (χ3n) is 4.54. The van der Waals surface area contributed by atoms with Gasteiger partial charge in [0.15, 0.2) is 0 Å². The van der Waals surface area contributed by atoms with Crippen LogP contribution in [0.25, 0.3) is 0 Å². The van der Waals surface area contributed by atoms with Crippen LogP contribution in [0.1, 0.15) is 65.7 Å². The van der Waals surface area contributed by atoms with Gasteiger partial charge in [-0.15, -0.1) is 0 Å². The minimum absolute atomic E-state index is 0.0974. The fourth-order valence-corrected chi connectivity index (χ4v) is 2.89. The standard InChI is InChI=1S/C15H30O2/c1-5-12-7-6-8-13(11-12)14(16)9-10-15(2,3)17-4/h12-14,16H,5-11H2,1-4H3. The number of aliphatic hydroxyl groups excluding tert-OH is 1. The predicted molar refractivity (Wildman–Crippen MR) is 72.1 cm³/mol. The maximum absolute atomic E-state index is 10.3. The van der Waals surface area contributed by atoms with E-state index in [4.69, 9.17) is 4.74 Å². The van der Waals surface area contributed by atoms with Gasteiger partial charge >= 0.3 is 0 Å². The van der Waals surface area contributed by atoms with E-state index in [1.807, 2.05) is 0 Å². The summed E-state index contributed by atoms with van der Waals surface area (Å²) in [6, 6.07) is 0. The molecule has 17 heavy (non-hydrogen) atoms. The molecule has 0 aromatic heterocycles. The van der Waals surface area contributed by atoms with Gasteiger partial charge in [-0.3, -0.25) is 0 Å². The van der Waals surface area contributed by atoms with Gasteiger partial charge in [-0.25, -0.2) is 0 Å². The lowest BCUT2D eigenvalue weighted by Crippen LogP contribution is -2.30. The fraction of sp³-hybridized carbons (Fsp3) is 1.00. The second kappa shape index (κ2) is 6.75. The number of aliphatic hydroxyl groups is 1. The third-order valence-corrected chi connectivity index (χ3v) is 4.54. The first kappa shape index (κ1) is 15.0. The molecule has 1 fully saturated rings. The lowest BCUT2D eigenvalue weighted by Gasteiger charge is -2.33. The molecular formula is C15H30O2. The number of hydrogen-bond donors (Lipinski definition) is 1. The zero-order chi connectivity index (χ0) is 12.9. The topological polar surface area (TPSA) is 29.5 Å². The molecule has 0 aromatic rings. The van der Waals surface area contributed by atoms with Crippen molar-refractivity contribution in [2.75, 3.05) is 7.11 Å². The maximum atomic E-state index is 10.3. The Balaban J connectivity index is 2.34. The number of hydrogen-bond acceptors (Lipinski definition) is 2. The Morgan fingerprint density at radius 1 is 1.35 bits per heavy atom. The van der Waals surface area contributed by atoms with Crippen molar-refractivity contribution in [2.45, 2.75) is 77.4 Å². The fourth-order valence-electron chi connectivity index (χ4n) is 2.89. The van der Waals surface area contributed by atoms with Crippen LogP contribution in [-0.4, -0.2) is 23.9 Å². The van der Waals surface area contributed by atoms with E-state index in [2.05, 4.69) is 20.8 Å². The molecule has 2 heteroatoms. The van der Waals surface area contributed by atoms with Crippen LogP contribution >= 0.6 is 0 Å². The predicted octanol–water partition coefficient (Wildman–Crippen LogP) is 3.77. The van der Waals surface area contributed by atoms with Crippen molar-refractivity contribution < 1.29 is 9.84 Å². The summed E-state index contributed by atoms with van der Waals surface area (Å²) in [5.74, 6) is 1.38. The SMILES string of the molecule is CCC1CCCC(C(O)CCC(C)(C)OC)C1. The lowest BCUT2D eigenvalue weighted by atomic mass is 9.76. The Morgan fingerprint density at radius 2 is 2.06 bits per heavy atom. The normalized spacial score (nSPS) is 28.1. The highest BCUT2D eigenvalue weighted by Gasteiger charge is 2.28. The summed E-state index contributed by atoms with van der Waals surface area (Å²) in [6.45, 7) is 6.46. The van der Waals surface area contributed by atoms with Gasteiger partial charge in [0.1, 0.15) is 0 Å². The average molecular weight is 242 g/mol. The summed E-state index contributed by atoms with van der Waals surface area (Å²) < 4.78 is 5.41. The van der Waals surface area contributed by atoms with E-state index < -0.39 is 0 Å². The van der Waals surface area contributed by atoms with E-state index in [1.165, 1.54) is 32.1 Å². The second-order valence-electron chi connectivity index (χ2n) is 6.27. The quantitative estimate of drug-likeness (QED) is 0.768. The number of ether oxygens (including phenoxy) is 1. The molecule has 1 aliphatic carbocycles. The molecule has 102 valence electrons. The van der Waals surface area contributed by atoms with Crippen molar-refractivity contribution in [3.05, 3.63) is 0 Å². The molecule has 2 nitrogen and oxygen atoms in total. The lowest BCUT2D eigenvalue weighted by molar-refractivity contribution is -0.00957. The molecule has 0 saturated heterocycles. The molecule has 0 heterocycles. The second-order valence-corrected chi connectivity index (χ2v) is 6.27. The van der Waals surface area contributed by atoms with Gasteiger partial charge in [-0.2, -0.15) is 0 Å². The smallest absolute Gasteiger partial charge is 0.0623 e. The van der Waals surface area contributed by atoms with Crippen molar-refractivity contribution in [2.24, 2.45) is 11.8 Å². The molecule has 0 aliphatic heterocycles. The zero-order valence-corrected chi connectivity index (χ0v) is 12.0. The van der Waals surface area contributed by atoms with Gasteiger partial charge in [0.25, 0.3) is 0 Å². The van der Waals surface area contributed by atoms with Crippen LogP contribution in [0.2, 0.25) is 0 Å². The van der Waals surface area contributed by atoms with Crippen LogP contribution in [0, 0.1) is 11.8 Å². The summed E-state index contributed by atoms with van der Waals surface area (Å²) in [7, 11) is 1.75. The largest absolute Gasteiger partial charge is 0.393 e. The molecular weight excluding hydrogens is 212 g/mol. The summed E-state index contributed by atoms with van der Waals surface area (Å²) in [4.78, 5) is 0. The Bertz CT molecular complexity index is 213. The van der Waals surface area contributed by atoms with Crippen molar-refractivity contribution in [3.63, 3.8) is 0 Å². The Kier molecular flexibility index (Phi) is 5.94. The number of methoxy groups -OCH3 is 1. The minimum Gasteiger partial charge on any atom is -0.393 e. The highest BCUT2D eigenvalue weighted by molar-refractivity contribution is 4.79. The first-order chi connectivity index (χ1) is 7.98. The molecule has 0 amide bonds. The first-order valence-electron chi connectivity index (χ1n) is 7.21. The van der Waals surface area contributed by atoms with E-state index >= 15 is 0 Å². The molecule has 3 atom stereocenters. The molecule has 1 rings (SSSR count). The summed E-state index contributed by atoms with van der Waals surface area (Å²) in [6.07, 6.45) is 8.07. The van der Waals surface area contributed by atoms with E-state index in [0.717, 1.165) is 18.8 Å². The van der Waals surface area contributed by atoms with Crippen LogP contribution in [-0.2, 0) is 4.74 Å². The van der Waals surface area contributed by atoms with Crippen molar-refractivity contribution in [1.29, 1.82) is 0 Å². The zero-order valence-electron chi connectivity index (χ0n) is 12.0. The van der Waals surface area contributed by atoms with Gasteiger partial charge in [0.05, 0.1) is 11.7 Å². The maximum Gasteiger partial charge on any atom is 0.0623 e. The van der Waals surface area contributed by atoms with Crippen LogP contribution in [0.15, 0.2) is 0 Å². The summed E-state index contributed by atoms with van der Waals surface area (Å²) in [5.41, 5.74) is -0.0974.